The molecule has 6 nitrogen and oxygen atoms in total. The lowest BCUT2D eigenvalue weighted by atomic mass is 10.2. The third kappa shape index (κ3) is 3.24. The highest BCUT2D eigenvalue weighted by Gasteiger charge is 2.37. The largest absolute Gasteiger partial charge is 0.377 e. The molecule has 0 N–H and O–H groups in total. The summed E-state index contributed by atoms with van der Waals surface area (Å²) in [5, 5.41) is 0. The molecule has 1 aromatic rings. The second kappa shape index (κ2) is 5.85. The van der Waals surface area contributed by atoms with E-state index < -0.39 is 24.0 Å². The second-order valence-corrected chi connectivity index (χ2v) is 9.34. The van der Waals surface area contributed by atoms with Crippen molar-refractivity contribution in [3.8, 4) is 0 Å². The lowest BCUT2D eigenvalue weighted by Gasteiger charge is -2.26. The fourth-order valence-corrected chi connectivity index (χ4v) is 5.65. The van der Waals surface area contributed by atoms with Crippen molar-refractivity contribution in [2.45, 2.75) is 35.3 Å². The number of sulfonamides is 1. The van der Waals surface area contributed by atoms with Crippen LogP contribution in [0.3, 0.4) is 0 Å². The summed E-state index contributed by atoms with van der Waals surface area (Å²) in [4.78, 5) is -0.730. The number of hydrogen-bond acceptors (Lipinski definition) is 5. The number of ether oxygens (including phenoxy) is 1. The Morgan fingerprint density at radius 1 is 1.19 bits per heavy atom. The SMILES string of the molecule is CC1OCCC1N(C)S(=O)(=O)c1ccccc1S(=O)(=O)Cl. The summed E-state index contributed by atoms with van der Waals surface area (Å²) >= 11 is 0. The molecule has 2 atom stereocenters. The Labute approximate surface area is 129 Å². The minimum absolute atomic E-state index is 0.246. The molecule has 1 aliphatic heterocycles. The van der Waals surface area contributed by atoms with E-state index in [9.17, 15) is 16.8 Å². The minimum atomic E-state index is -4.15. The van der Waals surface area contributed by atoms with Gasteiger partial charge in [0.2, 0.25) is 10.0 Å². The molecule has 0 bridgehead atoms. The summed E-state index contributed by atoms with van der Waals surface area (Å²) in [7, 11) is -1.38. The molecule has 0 aliphatic carbocycles. The number of hydrogen-bond donors (Lipinski definition) is 0. The monoisotopic (exact) mass is 353 g/mol. The zero-order valence-corrected chi connectivity index (χ0v) is 14.0. The fraction of sp³-hybridized carbons (Fsp3) is 0.500. The van der Waals surface area contributed by atoms with Gasteiger partial charge in [0.25, 0.3) is 9.05 Å². The molecular formula is C12H16ClNO5S2. The van der Waals surface area contributed by atoms with E-state index >= 15 is 0 Å². The van der Waals surface area contributed by atoms with Crippen molar-refractivity contribution in [2.24, 2.45) is 0 Å². The Balaban J connectivity index is 2.50. The molecule has 1 aromatic carbocycles. The maximum absolute atomic E-state index is 12.7. The van der Waals surface area contributed by atoms with Gasteiger partial charge in [-0.2, -0.15) is 4.31 Å². The normalized spacial score (nSPS) is 23.6. The van der Waals surface area contributed by atoms with E-state index in [0.29, 0.717) is 13.0 Å². The van der Waals surface area contributed by atoms with Crippen LogP contribution in [0, 0.1) is 0 Å². The Bertz CT molecular complexity index is 732. The van der Waals surface area contributed by atoms with E-state index in [-0.39, 0.29) is 17.0 Å². The van der Waals surface area contributed by atoms with Crippen LogP contribution in [0.25, 0.3) is 0 Å². The molecule has 1 aliphatic rings. The minimum Gasteiger partial charge on any atom is -0.377 e. The molecular weight excluding hydrogens is 338 g/mol. The van der Waals surface area contributed by atoms with Crippen molar-refractivity contribution in [1.82, 2.24) is 4.31 Å². The van der Waals surface area contributed by atoms with Crippen molar-refractivity contribution in [3.63, 3.8) is 0 Å². The highest BCUT2D eigenvalue weighted by molar-refractivity contribution is 8.14. The van der Waals surface area contributed by atoms with E-state index in [0.717, 1.165) is 4.31 Å². The maximum Gasteiger partial charge on any atom is 0.262 e. The van der Waals surface area contributed by atoms with Gasteiger partial charge in [-0.3, -0.25) is 0 Å². The summed E-state index contributed by atoms with van der Waals surface area (Å²) in [6.45, 7) is 2.26. The van der Waals surface area contributed by atoms with E-state index in [4.69, 9.17) is 15.4 Å². The maximum atomic E-state index is 12.7. The van der Waals surface area contributed by atoms with Gasteiger partial charge in [0, 0.05) is 24.3 Å². The molecule has 118 valence electrons. The van der Waals surface area contributed by atoms with Gasteiger partial charge in [0.15, 0.2) is 0 Å². The van der Waals surface area contributed by atoms with Crippen LogP contribution in [0.1, 0.15) is 13.3 Å². The number of likely N-dealkylation sites (N-methyl/N-ethyl adjacent to an activating group) is 1. The Hall–Kier alpha value is -0.670. The van der Waals surface area contributed by atoms with Crippen LogP contribution in [0.2, 0.25) is 0 Å². The number of benzene rings is 1. The van der Waals surface area contributed by atoms with Gasteiger partial charge in [-0.1, -0.05) is 12.1 Å². The van der Waals surface area contributed by atoms with Crippen molar-refractivity contribution in [1.29, 1.82) is 0 Å². The van der Waals surface area contributed by atoms with Crippen LogP contribution in [0.4, 0.5) is 0 Å². The van der Waals surface area contributed by atoms with Gasteiger partial charge >= 0.3 is 0 Å². The topological polar surface area (TPSA) is 80.8 Å². The van der Waals surface area contributed by atoms with Crippen molar-refractivity contribution in [2.75, 3.05) is 13.7 Å². The van der Waals surface area contributed by atoms with E-state index in [1.54, 1.807) is 6.92 Å². The lowest BCUT2D eigenvalue weighted by Crippen LogP contribution is -2.41. The Kier molecular flexibility index (Phi) is 4.65. The van der Waals surface area contributed by atoms with Crippen molar-refractivity contribution < 1.29 is 21.6 Å². The van der Waals surface area contributed by atoms with E-state index in [2.05, 4.69) is 0 Å². The highest BCUT2D eigenvalue weighted by Crippen LogP contribution is 2.29. The third-order valence-corrected chi connectivity index (χ3v) is 7.02. The fourth-order valence-electron chi connectivity index (χ4n) is 2.40. The molecule has 0 saturated carbocycles. The first-order valence-corrected chi connectivity index (χ1v) is 10.0. The number of halogens is 1. The summed E-state index contributed by atoms with van der Waals surface area (Å²) in [5.41, 5.74) is 0. The first-order valence-electron chi connectivity index (χ1n) is 6.29. The van der Waals surface area contributed by atoms with Gasteiger partial charge in [0.05, 0.1) is 12.1 Å². The highest BCUT2D eigenvalue weighted by atomic mass is 35.7. The van der Waals surface area contributed by atoms with Crippen LogP contribution >= 0.6 is 10.7 Å². The smallest absolute Gasteiger partial charge is 0.262 e. The third-order valence-electron chi connectivity index (χ3n) is 3.57. The molecule has 9 heteroatoms. The number of rotatable bonds is 4. The van der Waals surface area contributed by atoms with Gasteiger partial charge in [0.1, 0.15) is 9.79 Å². The van der Waals surface area contributed by atoms with Crippen molar-refractivity contribution >= 4 is 29.8 Å². The molecule has 1 saturated heterocycles. The lowest BCUT2D eigenvalue weighted by molar-refractivity contribution is 0.102. The standard InChI is InChI=1S/C12H16ClNO5S2/c1-9-10(7-8-19-9)14(2)21(17,18)12-6-4-3-5-11(12)20(13,15)16/h3-6,9-10H,7-8H2,1-2H3. The average Bonchev–Trinajstić information content (AvgIpc) is 2.83. The molecule has 0 spiro atoms. The van der Waals surface area contributed by atoms with Crippen LogP contribution in [0.15, 0.2) is 34.1 Å². The molecule has 0 amide bonds. The van der Waals surface area contributed by atoms with Crippen LogP contribution < -0.4 is 0 Å². The molecule has 1 heterocycles. The van der Waals surface area contributed by atoms with Gasteiger partial charge in [-0.25, -0.2) is 16.8 Å². The van der Waals surface area contributed by atoms with Gasteiger partial charge < -0.3 is 4.74 Å². The summed E-state index contributed by atoms with van der Waals surface area (Å²) in [6, 6.07) is 4.97. The van der Waals surface area contributed by atoms with Crippen LogP contribution in [-0.4, -0.2) is 46.9 Å². The quantitative estimate of drug-likeness (QED) is 0.764. The van der Waals surface area contributed by atoms with Gasteiger partial charge in [-0.05, 0) is 25.5 Å². The summed E-state index contributed by atoms with van der Waals surface area (Å²) in [5.74, 6) is 0. The summed E-state index contributed by atoms with van der Waals surface area (Å²) in [6.07, 6.45) is 0.316. The number of nitrogens with zero attached hydrogens (tertiary/aromatic N) is 1. The Morgan fingerprint density at radius 2 is 1.76 bits per heavy atom. The zero-order chi connectivity index (χ0) is 15.8. The molecule has 2 unspecified atom stereocenters. The zero-order valence-electron chi connectivity index (χ0n) is 11.6. The molecule has 0 radical (unpaired) electrons. The summed E-state index contributed by atoms with van der Waals surface area (Å²) < 4.78 is 55.0. The molecule has 21 heavy (non-hydrogen) atoms. The second-order valence-electron chi connectivity index (χ2n) is 4.84. The molecule has 0 aromatic heterocycles. The predicted octanol–water partition coefficient (Wildman–Crippen LogP) is 1.41. The van der Waals surface area contributed by atoms with E-state index in [1.807, 2.05) is 0 Å². The first-order chi connectivity index (χ1) is 9.65. The Morgan fingerprint density at radius 3 is 2.24 bits per heavy atom. The van der Waals surface area contributed by atoms with Gasteiger partial charge in [-0.15, -0.1) is 0 Å². The first kappa shape index (κ1) is 16.7. The van der Waals surface area contributed by atoms with E-state index in [1.165, 1.54) is 31.3 Å². The molecule has 1 fully saturated rings. The van der Waals surface area contributed by atoms with Crippen LogP contribution in [0.5, 0.6) is 0 Å². The predicted molar refractivity (Wildman–Crippen MR) is 78.2 cm³/mol. The van der Waals surface area contributed by atoms with Crippen molar-refractivity contribution in [3.05, 3.63) is 24.3 Å². The van der Waals surface area contributed by atoms with Crippen LogP contribution in [-0.2, 0) is 23.8 Å². The molecule has 2 rings (SSSR count). The average molecular weight is 354 g/mol.